The summed E-state index contributed by atoms with van der Waals surface area (Å²) >= 11 is 0. The van der Waals surface area contributed by atoms with E-state index in [0.29, 0.717) is 0 Å². The first-order valence-electron chi connectivity index (χ1n) is 3.24. The molecule has 0 N–H and O–H groups in total. The Bertz CT molecular complexity index is 51.3. The zero-order valence-electron chi connectivity index (χ0n) is 5.95. The van der Waals surface area contributed by atoms with Crippen molar-refractivity contribution in [3.63, 3.8) is 0 Å². The highest BCUT2D eigenvalue weighted by molar-refractivity contribution is 7.70. The van der Waals surface area contributed by atoms with E-state index in [4.69, 9.17) is 0 Å². The summed E-state index contributed by atoms with van der Waals surface area (Å²) in [5.41, 5.74) is 0. The van der Waals surface area contributed by atoms with Gasteiger partial charge >= 0.3 is 0 Å². The van der Waals surface area contributed by atoms with Gasteiger partial charge in [-0.1, -0.05) is 4.20 Å². The Morgan fingerprint density at radius 2 is 1.25 bits per heavy atom. The molecule has 0 radical (unpaired) electrons. The van der Waals surface area contributed by atoms with Gasteiger partial charge in [-0.2, -0.15) is 0 Å². The van der Waals surface area contributed by atoms with E-state index in [2.05, 4.69) is 0 Å². The predicted molar refractivity (Wildman–Crippen MR) is 39.7 cm³/mol. The van der Waals surface area contributed by atoms with E-state index < -0.39 is 7.57 Å². The van der Waals surface area contributed by atoms with Gasteiger partial charge in [0.05, 0.1) is 18.5 Å². The van der Waals surface area contributed by atoms with E-state index in [9.17, 15) is 4.20 Å². The quantitative estimate of drug-likeness (QED) is 0.524. The van der Waals surface area contributed by atoms with Crippen molar-refractivity contribution < 1.29 is 4.20 Å². The monoisotopic (exact) mass is 137 g/mol. The second-order valence-corrected chi connectivity index (χ2v) is 5.93. The van der Waals surface area contributed by atoms with Crippen LogP contribution >= 0.6 is 7.57 Å². The molecule has 0 rings (SSSR count). The molecule has 0 saturated heterocycles. The molecule has 0 spiro atoms. The van der Waals surface area contributed by atoms with Gasteiger partial charge in [0.2, 0.25) is 7.57 Å². The molecule has 0 aliphatic rings. The molecular formula is C6H15FP+. The fourth-order valence-corrected chi connectivity index (χ4v) is 2.01. The molecular weight excluding hydrogens is 122 g/mol. The highest BCUT2D eigenvalue weighted by Crippen LogP contribution is 2.59. The van der Waals surface area contributed by atoms with Crippen LogP contribution in [0.25, 0.3) is 0 Å². The summed E-state index contributed by atoms with van der Waals surface area (Å²) in [6.07, 6.45) is 2.29. The average molecular weight is 137 g/mol. The van der Waals surface area contributed by atoms with Crippen LogP contribution in [0.5, 0.6) is 0 Å². The summed E-state index contributed by atoms with van der Waals surface area (Å²) in [5.74, 6) is 0. The minimum Gasteiger partial charge on any atom is -0.0655 e. The topological polar surface area (TPSA) is 0 Å². The van der Waals surface area contributed by atoms with Crippen molar-refractivity contribution in [1.29, 1.82) is 0 Å². The molecule has 0 atom stereocenters. The van der Waals surface area contributed by atoms with Crippen LogP contribution in [0.2, 0.25) is 0 Å². The first-order chi connectivity index (χ1) is 3.68. The van der Waals surface area contributed by atoms with E-state index >= 15 is 0 Å². The molecule has 0 saturated carbocycles. The van der Waals surface area contributed by atoms with Crippen molar-refractivity contribution in [3.8, 4) is 0 Å². The Hall–Kier alpha value is 0.360. The third-order valence-corrected chi connectivity index (χ3v) is 5.10. The van der Waals surface area contributed by atoms with Gasteiger partial charge < -0.3 is 0 Å². The highest BCUT2D eigenvalue weighted by Gasteiger charge is 2.31. The second-order valence-electron chi connectivity index (χ2n) is 1.98. The molecule has 0 amide bonds. The van der Waals surface area contributed by atoms with Crippen molar-refractivity contribution in [2.75, 3.05) is 18.5 Å². The largest absolute Gasteiger partial charge is 0.201 e. The summed E-state index contributed by atoms with van der Waals surface area (Å²) in [6, 6.07) is 0. The Kier molecular flexibility index (Phi) is 3.55. The van der Waals surface area contributed by atoms with Gasteiger partial charge in [0.25, 0.3) is 0 Å². The number of hydrogen-bond acceptors (Lipinski definition) is 0. The normalized spacial score (nSPS) is 12.0. The fourth-order valence-electron chi connectivity index (χ4n) is 0.671. The lowest BCUT2D eigenvalue weighted by Gasteiger charge is -2.08. The third kappa shape index (κ3) is 2.09. The predicted octanol–water partition coefficient (Wildman–Crippen LogP) is 2.95. The Morgan fingerprint density at radius 1 is 1.00 bits per heavy atom. The van der Waals surface area contributed by atoms with Crippen molar-refractivity contribution >= 4 is 7.57 Å². The maximum absolute atomic E-state index is 13.1. The molecule has 8 heavy (non-hydrogen) atoms. The first kappa shape index (κ1) is 8.36. The molecule has 0 bridgehead atoms. The average Bonchev–Trinajstić information content (AvgIpc) is 1.87. The zero-order chi connectivity index (χ0) is 6.62. The summed E-state index contributed by atoms with van der Waals surface area (Å²) in [4.78, 5) is 0. The van der Waals surface area contributed by atoms with Gasteiger partial charge in [0, 0.05) is 0 Å². The summed E-state index contributed by atoms with van der Waals surface area (Å²) < 4.78 is 13.1. The third-order valence-electron chi connectivity index (χ3n) is 1.70. The second kappa shape index (κ2) is 3.40. The first-order valence-corrected chi connectivity index (χ1v) is 5.47. The highest BCUT2D eigenvalue weighted by atomic mass is 31.2. The number of halogens is 1. The SMILES string of the molecule is CC[P+](F)(CC)CC. The van der Waals surface area contributed by atoms with E-state index in [1.54, 1.807) is 0 Å². The molecule has 0 fully saturated rings. The maximum Gasteiger partial charge on any atom is 0.201 e. The molecule has 0 nitrogen and oxygen atoms in total. The summed E-state index contributed by atoms with van der Waals surface area (Å²) in [5, 5.41) is 0. The molecule has 0 aliphatic carbocycles. The van der Waals surface area contributed by atoms with E-state index in [-0.39, 0.29) is 0 Å². The van der Waals surface area contributed by atoms with Crippen molar-refractivity contribution in [3.05, 3.63) is 0 Å². The number of hydrogen-bond donors (Lipinski definition) is 0. The summed E-state index contributed by atoms with van der Waals surface area (Å²) in [6.45, 7) is 5.84. The van der Waals surface area contributed by atoms with Crippen molar-refractivity contribution in [1.82, 2.24) is 0 Å². The van der Waals surface area contributed by atoms with E-state index in [1.165, 1.54) is 0 Å². The fraction of sp³-hybridized carbons (Fsp3) is 1.00. The standard InChI is InChI=1S/C6H15FP/c1-4-8(7,5-2)6-3/h4-6H2,1-3H3/q+1. The van der Waals surface area contributed by atoms with Gasteiger partial charge in [-0.25, -0.2) is 0 Å². The lowest BCUT2D eigenvalue weighted by Crippen LogP contribution is -1.94. The van der Waals surface area contributed by atoms with Gasteiger partial charge in [-0.3, -0.25) is 0 Å². The van der Waals surface area contributed by atoms with Crippen molar-refractivity contribution in [2.24, 2.45) is 0 Å². The summed E-state index contributed by atoms with van der Waals surface area (Å²) in [7, 11) is -1.91. The van der Waals surface area contributed by atoms with E-state index in [1.807, 2.05) is 20.8 Å². The molecule has 0 aromatic rings. The van der Waals surface area contributed by atoms with Crippen LogP contribution in [0.3, 0.4) is 0 Å². The lowest BCUT2D eigenvalue weighted by atomic mass is 10.9. The Balaban J connectivity index is 3.58. The minimum atomic E-state index is -1.91. The van der Waals surface area contributed by atoms with Gasteiger partial charge in [0.1, 0.15) is 0 Å². The van der Waals surface area contributed by atoms with Crippen LogP contribution in [0.4, 0.5) is 4.20 Å². The Labute approximate surface area is 51.9 Å². The van der Waals surface area contributed by atoms with Crippen LogP contribution in [0.15, 0.2) is 0 Å². The van der Waals surface area contributed by atoms with Crippen LogP contribution < -0.4 is 0 Å². The number of rotatable bonds is 3. The molecule has 0 heterocycles. The van der Waals surface area contributed by atoms with E-state index in [0.717, 1.165) is 18.5 Å². The minimum absolute atomic E-state index is 0.764. The van der Waals surface area contributed by atoms with Gasteiger partial charge in [0.15, 0.2) is 0 Å². The van der Waals surface area contributed by atoms with Crippen LogP contribution in [0.1, 0.15) is 20.8 Å². The molecule has 0 aromatic carbocycles. The van der Waals surface area contributed by atoms with Crippen LogP contribution in [-0.2, 0) is 0 Å². The molecule has 2 heteroatoms. The smallest absolute Gasteiger partial charge is 0.0655 e. The molecule has 50 valence electrons. The molecule has 0 aliphatic heterocycles. The lowest BCUT2D eigenvalue weighted by molar-refractivity contribution is 0.844. The van der Waals surface area contributed by atoms with Crippen LogP contribution in [0, 0.1) is 0 Å². The zero-order valence-corrected chi connectivity index (χ0v) is 6.84. The van der Waals surface area contributed by atoms with Crippen LogP contribution in [-0.4, -0.2) is 18.5 Å². The van der Waals surface area contributed by atoms with Gasteiger partial charge in [-0.15, -0.1) is 0 Å². The maximum atomic E-state index is 13.1. The van der Waals surface area contributed by atoms with Crippen molar-refractivity contribution in [2.45, 2.75) is 20.8 Å². The Morgan fingerprint density at radius 3 is 1.25 bits per heavy atom. The molecule has 0 aromatic heterocycles. The van der Waals surface area contributed by atoms with Gasteiger partial charge in [-0.05, 0) is 20.8 Å². The molecule has 0 unspecified atom stereocenters.